The SMILES string of the molecule is C[Si](C)(C)CCOCn1nc2n(c1=O)C(c1ccc(F)cn1)CC2. The Morgan fingerprint density at radius 1 is 1.38 bits per heavy atom. The summed E-state index contributed by atoms with van der Waals surface area (Å²) < 4.78 is 21.7. The lowest BCUT2D eigenvalue weighted by atomic mass is 10.1. The van der Waals surface area contributed by atoms with Crippen molar-refractivity contribution in [2.75, 3.05) is 6.61 Å². The molecule has 3 rings (SSSR count). The Morgan fingerprint density at radius 2 is 2.17 bits per heavy atom. The Morgan fingerprint density at radius 3 is 2.83 bits per heavy atom. The maximum absolute atomic E-state index is 13.0. The zero-order valence-electron chi connectivity index (χ0n) is 14.3. The van der Waals surface area contributed by atoms with Crippen LogP contribution in [0.1, 0.15) is 24.0 Å². The van der Waals surface area contributed by atoms with Gasteiger partial charge >= 0.3 is 5.69 Å². The van der Waals surface area contributed by atoms with Gasteiger partial charge in [0.05, 0.1) is 17.9 Å². The van der Waals surface area contributed by atoms with Gasteiger partial charge in [-0.15, -0.1) is 0 Å². The van der Waals surface area contributed by atoms with Crippen molar-refractivity contribution in [1.29, 1.82) is 0 Å². The predicted molar refractivity (Wildman–Crippen MR) is 91.2 cm³/mol. The van der Waals surface area contributed by atoms with Gasteiger partial charge in [0.1, 0.15) is 18.4 Å². The molecule has 130 valence electrons. The van der Waals surface area contributed by atoms with Gasteiger partial charge in [0.25, 0.3) is 0 Å². The number of halogens is 1. The molecule has 2 aromatic heterocycles. The van der Waals surface area contributed by atoms with E-state index >= 15 is 0 Å². The smallest absolute Gasteiger partial charge is 0.348 e. The van der Waals surface area contributed by atoms with E-state index in [4.69, 9.17) is 4.74 Å². The number of rotatable bonds is 6. The summed E-state index contributed by atoms with van der Waals surface area (Å²) in [7, 11) is -1.15. The fraction of sp³-hybridized carbons (Fsp3) is 0.562. The van der Waals surface area contributed by atoms with Crippen LogP contribution >= 0.6 is 0 Å². The fourth-order valence-electron chi connectivity index (χ4n) is 2.82. The van der Waals surface area contributed by atoms with Crippen molar-refractivity contribution in [1.82, 2.24) is 19.3 Å². The third-order valence-electron chi connectivity index (χ3n) is 4.20. The number of pyridine rings is 1. The Kier molecular flexibility index (Phi) is 4.68. The van der Waals surface area contributed by atoms with Crippen LogP contribution in [0.15, 0.2) is 23.1 Å². The normalized spacial score (nSPS) is 17.2. The molecule has 0 aromatic carbocycles. The minimum atomic E-state index is -1.15. The minimum absolute atomic E-state index is 0.173. The molecule has 1 aliphatic rings. The lowest BCUT2D eigenvalue weighted by Gasteiger charge is -2.15. The first kappa shape index (κ1) is 17.0. The van der Waals surface area contributed by atoms with Crippen LogP contribution in [-0.2, 0) is 17.9 Å². The van der Waals surface area contributed by atoms with E-state index < -0.39 is 8.07 Å². The zero-order chi connectivity index (χ0) is 17.3. The van der Waals surface area contributed by atoms with Gasteiger partial charge in [0, 0.05) is 21.1 Å². The van der Waals surface area contributed by atoms with E-state index in [1.807, 2.05) is 0 Å². The Labute approximate surface area is 141 Å². The molecule has 0 saturated heterocycles. The average molecular weight is 350 g/mol. The number of aryl methyl sites for hydroxylation is 1. The van der Waals surface area contributed by atoms with Crippen molar-refractivity contribution < 1.29 is 9.13 Å². The van der Waals surface area contributed by atoms with Gasteiger partial charge in [-0.25, -0.2) is 9.18 Å². The highest BCUT2D eigenvalue weighted by molar-refractivity contribution is 6.76. The van der Waals surface area contributed by atoms with Crippen LogP contribution in [0.5, 0.6) is 0 Å². The molecule has 0 amide bonds. The lowest BCUT2D eigenvalue weighted by molar-refractivity contribution is 0.0750. The van der Waals surface area contributed by atoms with Gasteiger partial charge in [-0.3, -0.25) is 9.55 Å². The first-order valence-corrected chi connectivity index (χ1v) is 11.9. The maximum Gasteiger partial charge on any atom is 0.348 e. The monoisotopic (exact) mass is 350 g/mol. The molecule has 24 heavy (non-hydrogen) atoms. The Balaban J connectivity index is 1.72. The molecule has 2 aromatic rings. The van der Waals surface area contributed by atoms with E-state index in [9.17, 15) is 9.18 Å². The lowest BCUT2D eigenvalue weighted by Crippen LogP contribution is -2.29. The van der Waals surface area contributed by atoms with E-state index in [0.29, 0.717) is 18.7 Å². The minimum Gasteiger partial charge on any atom is -0.359 e. The van der Waals surface area contributed by atoms with Crippen molar-refractivity contribution >= 4 is 8.07 Å². The summed E-state index contributed by atoms with van der Waals surface area (Å²) in [6, 6.07) is 3.87. The maximum atomic E-state index is 13.0. The molecular formula is C16H23FN4O2Si. The summed E-state index contributed by atoms with van der Waals surface area (Å²) in [5, 5.41) is 4.37. The van der Waals surface area contributed by atoms with Crippen molar-refractivity contribution in [2.45, 2.75) is 51.3 Å². The summed E-state index contributed by atoms with van der Waals surface area (Å²) >= 11 is 0. The highest BCUT2D eigenvalue weighted by Gasteiger charge is 2.29. The molecule has 0 N–H and O–H groups in total. The van der Waals surface area contributed by atoms with Crippen molar-refractivity contribution in [3.63, 3.8) is 0 Å². The summed E-state index contributed by atoms with van der Waals surface area (Å²) in [6.45, 7) is 7.68. The molecule has 1 atom stereocenters. The molecule has 8 heteroatoms. The molecule has 6 nitrogen and oxygen atoms in total. The van der Waals surface area contributed by atoms with Gasteiger partial charge in [0.2, 0.25) is 0 Å². The van der Waals surface area contributed by atoms with Crippen LogP contribution in [0, 0.1) is 5.82 Å². The molecule has 0 saturated carbocycles. The third-order valence-corrected chi connectivity index (χ3v) is 5.90. The van der Waals surface area contributed by atoms with Crippen molar-refractivity contribution in [2.24, 2.45) is 0 Å². The molecule has 0 radical (unpaired) electrons. The first-order chi connectivity index (χ1) is 11.3. The number of aromatic nitrogens is 4. The van der Waals surface area contributed by atoms with Crippen LogP contribution in [0.3, 0.4) is 0 Å². The summed E-state index contributed by atoms with van der Waals surface area (Å²) in [5.41, 5.74) is 0.503. The summed E-state index contributed by atoms with van der Waals surface area (Å²) in [4.78, 5) is 16.7. The van der Waals surface area contributed by atoms with E-state index in [-0.39, 0.29) is 24.3 Å². The molecule has 1 unspecified atom stereocenters. The fourth-order valence-corrected chi connectivity index (χ4v) is 3.58. The molecule has 0 aliphatic carbocycles. The van der Waals surface area contributed by atoms with Crippen LogP contribution in [0.2, 0.25) is 25.7 Å². The average Bonchev–Trinajstić information content (AvgIpc) is 3.05. The molecular weight excluding hydrogens is 327 g/mol. The van der Waals surface area contributed by atoms with Crippen LogP contribution < -0.4 is 5.69 Å². The van der Waals surface area contributed by atoms with E-state index in [1.165, 1.54) is 16.9 Å². The number of hydrogen-bond acceptors (Lipinski definition) is 4. The van der Waals surface area contributed by atoms with Crippen LogP contribution in [-0.4, -0.2) is 34.0 Å². The second kappa shape index (κ2) is 6.60. The number of hydrogen-bond donors (Lipinski definition) is 0. The summed E-state index contributed by atoms with van der Waals surface area (Å²) in [5.74, 6) is 0.362. The van der Waals surface area contributed by atoms with Crippen molar-refractivity contribution in [3.8, 4) is 0 Å². The Bertz CT molecular complexity index is 764. The van der Waals surface area contributed by atoms with Gasteiger partial charge < -0.3 is 4.74 Å². The molecule has 1 aliphatic heterocycles. The van der Waals surface area contributed by atoms with Gasteiger partial charge in [-0.2, -0.15) is 9.78 Å². The Hall–Kier alpha value is -1.80. The van der Waals surface area contributed by atoms with E-state index in [1.54, 1.807) is 10.6 Å². The summed E-state index contributed by atoms with van der Waals surface area (Å²) in [6.07, 6.45) is 2.65. The number of nitrogens with zero attached hydrogens (tertiary/aromatic N) is 4. The topological polar surface area (TPSA) is 61.9 Å². The standard InChI is InChI=1S/C16H23FN4O2Si/c1-24(2,3)9-8-23-11-20-16(22)21-14(6-7-15(21)19-20)13-5-4-12(17)10-18-13/h4-5,10,14H,6-9,11H2,1-3H3. The molecule has 0 fully saturated rings. The first-order valence-electron chi connectivity index (χ1n) is 8.22. The molecule has 3 heterocycles. The highest BCUT2D eigenvalue weighted by Crippen LogP contribution is 2.27. The second-order valence-electron chi connectivity index (χ2n) is 7.37. The van der Waals surface area contributed by atoms with Crippen molar-refractivity contribution in [3.05, 3.63) is 46.1 Å². The molecule has 0 spiro atoms. The largest absolute Gasteiger partial charge is 0.359 e. The number of fused-ring (bicyclic) bond motifs is 1. The van der Waals surface area contributed by atoms with E-state index in [2.05, 4.69) is 29.7 Å². The van der Waals surface area contributed by atoms with Gasteiger partial charge in [0.15, 0.2) is 0 Å². The zero-order valence-corrected chi connectivity index (χ0v) is 15.3. The van der Waals surface area contributed by atoms with Crippen LogP contribution in [0.25, 0.3) is 0 Å². The highest BCUT2D eigenvalue weighted by atomic mass is 28.3. The van der Waals surface area contributed by atoms with Crippen LogP contribution in [0.4, 0.5) is 4.39 Å². The quantitative estimate of drug-likeness (QED) is 0.593. The van der Waals surface area contributed by atoms with Gasteiger partial charge in [-0.05, 0) is 24.6 Å². The second-order valence-corrected chi connectivity index (χ2v) is 13.0. The van der Waals surface area contributed by atoms with Gasteiger partial charge in [-0.1, -0.05) is 19.6 Å². The van der Waals surface area contributed by atoms with E-state index in [0.717, 1.165) is 18.3 Å². The third kappa shape index (κ3) is 3.64. The predicted octanol–water partition coefficient (Wildman–Crippen LogP) is 2.43. The number of ether oxygens (including phenoxy) is 1. The molecule has 0 bridgehead atoms.